The number of carbonyl (C=O) groups is 1. The SMILES string of the molecule is Cc1nc(-c2ccc(NC(=O)c3ccc(N4CCOCC4)cc3)cc2)cs1. The molecule has 3 aromatic rings. The van der Waals surface area contributed by atoms with E-state index >= 15 is 0 Å². The lowest BCUT2D eigenvalue weighted by atomic mass is 10.1. The number of hydrogen-bond donors (Lipinski definition) is 1. The van der Waals surface area contributed by atoms with Crippen LogP contribution >= 0.6 is 11.3 Å². The van der Waals surface area contributed by atoms with Crippen molar-refractivity contribution in [3.05, 3.63) is 64.5 Å². The third-order valence-electron chi connectivity index (χ3n) is 4.56. The number of nitrogens with zero attached hydrogens (tertiary/aromatic N) is 2. The van der Waals surface area contributed by atoms with Crippen molar-refractivity contribution >= 4 is 28.6 Å². The van der Waals surface area contributed by atoms with Gasteiger partial charge in [-0.05, 0) is 43.3 Å². The fourth-order valence-electron chi connectivity index (χ4n) is 3.07. The lowest BCUT2D eigenvalue weighted by Gasteiger charge is -2.28. The number of rotatable bonds is 4. The molecule has 2 heterocycles. The first-order valence-electron chi connectivity index (χ1n) is 8.96. The van der Waals surface area contributed by atoms with E-state index in [1.807, 2.05) is 60.8 Å². The largest absolute Gasteiger partial charge is 0.378 e. The van der Waals surface area contributed by atoms with E-state index in [9.17, 15) is 4.79 Å². The number of hydrogen-bond acceptors (Lipinski definition) is 5. The van der Waals surface area contributed by atoms with Gasteiger partial charge in [0.25, 0.3) is 5.91 Å². The van der Waals surface area contributed by atoms with Crippen molar-refractivity contribution in [1.82, 2.24) is 4.98 Å². The lowest BCUT2D eigenvalue weighted by Crippen LogP contribution is -2.36. The minimum Gasteiger partial charge on any atom is -0.378 e. The number of amides is 1. The van der Waals surface area contributed by atoms with Crippen LogP contribution in [0.15, 0.2) is 53.9 Å². The van der Waals surface area contributed by atoms with Crippen molar-refractivity contribution in [2.24, 2.45) is 0 Å². The summed E-state index contributed by atoms with van der Waals surface area (Å²) in [5.41, 5.74) is 4.55. The summed E-state index contributed by atoms with van der Waals surface area (Å²) in [5, 5.41) is 6.04. The molecule has 1 aliphatic heterocycles. The standard InChI is InChI=1S/C21H21N3O2S/c1-15-22-20(14-27-15)16-2-6-18(7-3-16)23-21(25)17-4-8-19(9-5-17)24-10-12-26-13-11-24/h2-9,14H,10-13H2,1H3,(H,23,25). The molecule has 0 aliphatic carbocycles. The van der Waals surface area contributed by atoms with E-state index in [0.29, 0.717) is 5.56 Å². The highest BCUT2D eigenvalue weighted by Crippen LogP contribution is 2.23. The molecule has 1 aromatic heterocycles. The van der Waals surface area contributed by atoms with Gasteiger partial charge >= 0.3 is 0 Å². The highest BCUT2D eigenvalue weighted by Gasteiger charge is 2.12. The van der Waals surface area contributed by atoms with Gasteiger partial charge in [0.2, 0.25) is 0 Å². The van der Waals surface area contributed by atoms with E-state index in [2.05, 4.69) is 15.2 Å². The number of benzene rings is 2. The monoisotopic (exact) mass is 379 g/mol. The normalized spacial score (nSPS) is 14.2. The molecule has 0 atom stereocenters. The molecule has 1 saturated heterocycles. The van der Waals surface area contributed by atoms with Gasteiger partial charge in [0, 0.05) is 41.0 Å². The molecule has 1 aliphatic rings. The van der Waals surface area contributed by atoms with E-state index in [-0.39, 0.29) is 5.91 Å². The highest BCUT2D eigenvalue weighted by molar-refractivity contribution is 7.09. The molecule has 1 N–H and O–H groups in total. The topological polar surface area (TPSA) is 54.5 Å². The molecule has 0 bridgehead atoms. The summed E-state index contributed by atoms with van der Waals surface area (Å²) in [6.45, 7) is 5.26. The van der Waals surface area contributed by atoms with Crippen molar-refractivity contribution in [3.63, 3.8) is 0 Å². The molecule has 4 rings (SSSR count). The smallest absolute Gasteiger partial charge is 0.255 e. The molecule has 27 heavy (non-hydrogen) atoms. The first-order chi connectivity index (χ1) is 13.2. The number of aryl methyl sites for hydroxylation is 1. The summed E-state index contributed by atoms with van der Waals surface area (Å²) in [4.78, 5) is 19.3. The average Bonchev–Trinajstić information content (AvgIpc) is 3.16. The number of nitrogens with one attached hydrogen (secondary N) is 1. The Morgan fingerprint density at radius 1 is 1.07 bits per heavy atom. The van der Waals surface area contributed by atoms with Gasteiger partial charge in [0.15, 0.2) is 0 Å². The van der Waals surface area contributed by atoms with E-state index in [0.717, 1.165) is 53.9 Å². The van der Waals surface area contributed by atoms with Crippen LogP contribution in [0, 0.1) is 6.92 Å². The van der Waals surface area contributed by atoms with Crippen LogP contribution in [0.3, 0.4) is 0 Å². The van der Waals surface area contributed by atoms with Crippen molar-refractivity contribution in [3.8, 4) is 11.3 Å². The molecular formula is C21H21N3O2S. The van der Waals surface area contributed by atoms with Crippen LogP contribution < -0.4 is 10.2 Å². The summed E-state index contributed by atoms with van der Waals surface area (Å²) in [6.07, 6.45) is 0. The zero-order valence-electron chi connectivity index (χ0n) is 15.1. The minimum atomic E-state index is -0.110. The van der Waals surface area contributed by atoms with E-state index in [1.165, 1.54) is 0 Å². The van der Waals surface area contributed by atoms with Crippen molar-refractivity contribution in [2.45, 2.75) is 6.92 Å². The van der Waals surface area contributed by atoms with Gasteiger partial charge in [-0.25, -0.2) is 4.98 Å². The number of thiazole rings is 1. The van der Waals surface area contributed by atoms with Crippen LogP contribution in [0.1, 0.15) is 15.4 Å². The number of morpholine rings is 1. The maximum absolute atomic E-state index is 12.5. The fraction of sp³-hybridized carbons (Fsp3) is 0.238. The van der Waals surface area contributed by atoms with Gasteiger partial charge in [0.1, 0.15) is 0 Å². The zero-order valence-corrected chi connectivity index (χ0v) is 16.0. The molecule has 1 fully saturated rings. The summed E-state index contributed by atoms with van der Waals surface area (Å²) in [6, 6.07) is 15.5. The Balaban J connectivity index is 1.41. The van der Waals surface area contributed by atoms with Gasteiger partial charge in [-0.15, -0.1) is 11.3 Å². The molecule has 0 saturated carbocycles. The summed E-state index contributed by atoms with van der Waals surface area (Å²) in [7, 11) is 0. The molecule has 1 amide bonds. The number of carbonyl (C=O) groups excluding carboxylic acids is 1. The average molecular weight is 379 g/mol. The Hall–Kier alpha value is -2.70. The van der Waals surface area contributed by atoms with Gasteiger partial charge in [-0.1, -0.05) is 12.1 Å². The number of ether oxygens (including phenoxy) is 1. The van der Waals surface area contributed by atoms with E-state index in [4.69, 9.17) is 4.74 Å². The van der Waals surface area contributed by atoms with Gasteiger partial charge in [0.05, 0.1) is 23.9 Å². The van der Waals surface area contributed by atoms with Crippen LogP contribution in [-0.4, -0.2) is 37.2 Å². The van der Waals surface area contributed by atoms with Crippen LogP contribution in [0.5, 0.6) is 0 Å². The van der Waals surface area contributed by atoms with Crippen molar-refractivity contribution < 1.29 is 9.53 Å². The number of aromatic nitrogens is 1. The third kappa shape index (κ3) is 4.18. The molecule has 138 valence electrons. The summed E-state index contributed by atoms with van der Waals surface area (Å²) in [5.74, 6) is -0.110. The Bertz CT molecular complexity index is 913. The second-order valence-electron chi connectivity index (χ2n) is 6.43. The Kier molecular flexibility index (Phi) is 5.18. The van der Waals surface area contributed by atoms with Crippen LogP contribution in [-0.2, 0) is 4.74 Å². The zero-order chi connectivity index (χ0) is 18.6. The minimum absolute atomic E-state index is 0.110. The quantitative estimate of drug-likeness (QED) is 0.738. The molecule has 0 spiro atoms. The summed E-state index contributed by atoms with van der Waals surface area (Å²) >= 11 is 1.63. The first-order valence-corrected chi connectivity index (χ1v) is 9.84. The van der Waals surface area contributed by atoms with Crippen LogP contribution in [0.2, 0.25) is 0 Å². The Morgan fingerprint density at radius 2 is 1.78 bits per heavy atom. The fourth-order valence-corrected chi connectivity index (χ4v) is 3.69. The number of anilines is 2. The molecular weight excluding hydrogens is 358 g/mol. The van der Waals surface area contributed by atoms with Gasteiger partial charge in [-0.3, -0.25) is 4.79 Å². The Morgan fingerprint density at radius 3 is 2.41 bits per heavy atom. The van der Waals surface area contributed by atoms with Crippen LogP contribution in [0.25, 0.3) is 11.3 Å². The van der Waals surface area contributed by atoms with Crippen LogP contribution in [0.4, 0.5) is 11.4 Å². The molecule has 5 nitrogen and oxygen atoms in total. The van der Waals surface area contributed by atoms with E-state index < -0.39 is 0 Å². The van der Waals surface area contributed by atoms with Gasteiger partial charge in [-0.2, -0.15) is 0 Å². The second-order valence-corrected chi connectivity index (χ2v) is 7.49. The first kappa shape index (κ1) is 17.7. The second kappa shape index (κ2) is 7.90. The maximum atomic E-state index is 12.5. The molecule has 6 heteroatoms. The highest BCUT2D eigenvalue weighted by atomic mass is 32.1. The molecule has 0 radical (unpaired) electrons. The van der Waals surface area contributed by atoms with Crippen molar-refractivity contribution in [1.29, 1.82) is 0 Å². The molecule has 0 unspecified atom stereocenters. The molecule has 2 aromatic carbocycles. The lowest BCUT2D eigenvalue weighted by molar-refractivity contribution is 0.102. The predicted molar refractivity (Wildman–Crippen MR) is 110 cm³/mol. The predicted octanol–water partition coefficient (Wildman–Crippen LogP) is 4.21. The van der Waals surface area contributed by atoms with Crippen molar-refractivity contribution in [2.75, 3.05) is 36.5 Å². The third-order valence-corrected chi connectivity index (χ3v) is 5.34. The summed E-state index contributed by atoms with van der Waals surface area (Å²) < 4.78 is 5.38. The Labute approximate surface area is 162 Å². The maximum Gasteiger partial charge on any atom is 0.255 e. The van der Waals surface area contributed by atoms with E-state index in [1.54, 1.807) is 11.3 Å². The van der Waals surface area contributed by atoms with Gasteiger partial charge < -0.3 is 15.0 Å².